The number of carbonyl (C=O) groups excluding carboxylic acids is 1. The highest BCUT2D eigenvalue weighted by atomic mass is 35.5. The molecule has 1 aliphatic rings. The predicted molar refractivity (Wildman–Crippen MR) is 126 cm³/mol. The second-order valence-corrected chi connectivity index (χ2v) is 9.19. The standard InChI is InChI=1S/C24H20ClN3O3S/c1-3-5-18-26-27-24(32-18)28-20(14-8-6-13(4-2)7-9-14)19-21(29)16-12-15(25)10-11-17(16)31-22(19)23(28)30/h6-12,20H,3-5H2,1-2H3. The summed E-state index contributed by atoms with van der Waals surface area (Å²) in [7, 11) is 0. The van der Waals surface area contributed by atoms with Crippen molar-refractivity contribution in [3.8, 4) is 0 Å². The van der Waals surface area contributed by atoms with Crippen molar-refractivity contribution in [2.75, 3.05) is 4.90 Å². The van der Waals surface area contributed by atoms with Crippen molar-refractivity contribution >= 4 is 44.9 Å². The Morgan fingerprint density at radius 2 is 1.88 bits per heavy atom. The van der Waals surface area contributed by atoms with Crippen molar-refractivity contribution < 1.29 is 9.21 Å². The Labute approximate surface area is 193 Å². The van der Waals surface area contributed by atoms with Crippen LogP contribution in [0.2, 0.25) is 5.02 Å². The minimum absolute atomic E-state index is 0.0432. The maximum atomic E-state index is 13.6. The van der Waals surface area contributed by atoms with Gasteiger partial charge < -0.3 is 4.42 Å². The van der Waals surface area contributed by atoms with Crippen molar-refractivity contribution in [2.24, 2.45) is 0 Å². The van der Waals surface area contributed by atoms with E-state index in [1.807, 2.05) is 24.3 Å². The number of aryl methyl sites for hydroxylation is 2. The minimum atomic E-state index is -0.648. The molecule has 1 unspecified atom stereocenters. The first-order valence-corrected chi connectivity index (χ1v) is 11.7. The molecule has 0 aliphatic carbocycles. The van der Waals surface area contributed by atoms with Gasteiger partial charge in [0.05, 0.1) is 17.0 Å². The largest absolute Gasteiger partial charge is 0.450 e. The molecule has 4 aromatic rings. The van der Waals surface area contributed by atoms with E-state index >= 15 is 0 Å². The summed E-state index contributed by atoms with van der Waals surface area (Å²) in [6, 6.07) is 12.1. The Kier molecular flexibility index (Phi) is 5.31. The quantitative estimate of drug-likeness (QED) is 0.385. The van der Waals surface area contributed by atoms with Crippen LogP contribution in [0.25, 0.3) is 11.0 Å². The molecule has 3 heterocycles. The van der Waals surface area contributed by atoms with Gasteiger partial charge in [-0.05, 0) is 42.2 Å². The number of anilines is 1. The van der Waals surface area contributed by atoms with E-state index in [0.29, 0.717) is 26.7 Å². The summed E-state index contributed by atoms with van der Waals surface area (Å²) in [4.78, 5) is 28.7. The lowest BCUT2D eigenvalue weighted by Gasteiger charge is -2.22. The molecule has 1 amide bonds. The fraction of sp³-hybridized carbons (Fsp3) is 0.250. The van der Waals surface area contributed by atoms with Gasteiger partial charge in [-0.3, -0.25) is 14.5 Å². The first-order valence-electron chi connectivity index (χ1n) is 10.5. The van der Waals surface area contributed by atoms with Crippen LogP contribution in [0.15, 0.2) is 51.7 Å². The van der Waals surface area contributed by atoms with E-state index in [4.69, 9.17) is 16.0 Å². The molecule has 32 heavy (non-hydrogen) atoms. The van der Waals surface area contributed by atoms with Crippen molar-refractivity contribution in [1.29, 1.82) is 0 Å². The predicted octanol–water partition coefficient (Wildman–Crippen LogP) is 5.56. The third kappa shape index (κ3) is 3.32. The van der Waals surface area contributed by atoms with Crippen molar-refractivity contribution in [1.82, 2.24) is 10.2 Å². The van der Waals surface area contributed by atoms with E-state index < -0.39 is 11.9 Å². The number of hydrogen-bond acceptors (Lipinski definition) is 6. The van der Waals surface area contributed by atoms with Crippen molar-refractivity contribution in [3.63, 3.8) is 0 Å². The highest BCUT2D eigenvalue weighted by molar-refractivity contribution is 7.15. The lowest BCUT2D eigenvalue weighted by Crippen LogP contribution is -2.29. The van der Waals surface area contributed by atoms with Gasteiger partial charge in [-0.25, -0.2) is 0 Å². The van der Waals surface area contributed by atoms with Gasteiger partial charge in [-0.1, -0.05) is 61.1 Å². The third-order valence-corrected chi connectivity index (χ3v) is 6.88. The second-order valence-electron chi connectivity index (χ2n) is 7.72. The van der Waals surface area contributed by atoms with Gasteiger partial charge in [0.1, 0.15) is 10.6 Å². The minimum Gasteiger partial charge on any atom is -0.450 e. The molecule has 1 atom stereocenters. The molecule has 0 N–H and O–H groups in total. The van der Waals surface area contributed by atoms with Crippen LogP contribution in [0.5, 0.6) is 0 Å². The number of nitrogens with zero attached hydrogens (tertiary/aromatic N) is 3. The zero-order chi connectivity index (χ0) is 22.4. The maximum absolute atomic E-state index is 13.6. The van der Waals surface area contributed by atoms with Gasteiger partial charge in [-0.2, -0.15) is 0 Å². The van der Waals surface area contributed by atoms with E-state index in [2.05, 4.69) is 24.0 Å². The van der Waals surface area contributed by atoms with Crippen molar-refractivity contribution in [3.05, 3.63) is 85.2 Å². The maximum Gasteiger partial charge on any atom is 0.297 e. The van der Waals surface area contributed by atoms with Crippen LogP contribution in [0.3, 0.4) is 0 Å². The molecule has 5 rings (SSSR count). The summed E-state index contributed by atoms with van der Waals surface area (Å²) in [6.07, 6.45) is 2.60. The molecule has 2 aromatic heterocycles. The van der Waals surface area contributed by atoms with E-state index in [9.17, 15) is 9.59 Å². The topological polar surface area (TPSA) is 76.3 Å². The fourth-order valence-corrected chi connectivity index (χ4v) is 5.19. The van der Waals surface area contributed by atoms with Crippen LogP contribution in [-0.2, 0) is 12.8 Å². The number of benzene rings is 2. The summed E-state index contributed by atoms with van der Waals surface area (Å²) in [5.74, 6) is -0.348. The molecule has 0 spiro atoms. The molecule has 1 aliphatic heterocycles. The molecule has 0 bridgehead atoms. The first-order chi connectivity index (χ1) is 15.5. The average molecular weight is 466 g/mol. The summed E-state index contributed by atoms with van der Waals surface area (Å²) in [6.45, 7) is 4.14. The first kappa shape index (κ1) is 20.8. The second kappa shape index (κ2) is 8.15. The molecule has 2 aromatic carbocycles. The van der Waals surface area contributed by atoms with Crippen LogP contribution >= 0.6 is 22.9 Å². The van der Waals surface area contributed by atoms with E-state index in [-0.39, 0.29) is 11.2 Å². The van der Waals surface area contributed by atoms with Crippen LogP contribution < -0.4 is 10.3 Å². The molecule has 0 saturated carbocycles. The van der Waals surface area contributed by atoms with Crippen molar-refractivity contribution in [2.45, 2.75) is 39.2 Å². The summed E-state index contributed by atoms with van der Waals surface area (Å²) in [5.41, 5.74) is 2.36. The Morgan fingerprint density at radius 3 is 2.59 bits per heavy atom. The Balaban J connectivity index is 1.75. The molecular formula is C24H20ClN3O3S. The van der Waals surface area contributed by atoms with Gasteiger partial charge in [0, 0.05) is 11.4 Å². The number of rotatable bonds is 5. The number of hydrogen-bond donors (Lipinski definition) is 0. The van der Waals surface area contributed by atoms with Gasteiger partial charge in [0.25, 0.3) is 5.91 Å². The normalized spacial score (nSPS) is 15.5. The third-order valence-electron chi connectivity index (χ3n) is 5.66. The Bertz CT molecular complexity index is 1390. The van der Waals surface area contributed by atoms with Gasteiger partial charge in [-0.15, -0.1) is 10.2 Å². The number of fused-ring (bicyclic) bond motifs is 2. The highest BCUT2D eigenvalue weighted by Gasteiger charge is 2.45. The number of amides is 1. The molecule has 162 valence electrons. The molecule has 8 heteroatoms. The van der Waals surface area contributed by atoms with E-state index in [1.165, 1.54) is 21.8 Å². The zero-order valence-corrected chi connectivity index (χ0v) is 19.2. The van der Waals surface area contributed by atoms with Gasteiger partial charge in [0.2, 0.25) is 10.9 Å². The summed E-state index contributed by atoms with van der Waals surface area (Å²) < 4.78 is 5.96. The molecule has 6 nitrogen and oxygen atoms in total. The SMILES string of the molecule is CCCc1nnc(N2C(=O)c3oc4ccc(Cl)cc4c(=O)c3C2c2ccc(CC)cc2)s1. The molecule has 0 saturated heterocycles. The van der Waals surface area contributed by atoms with Crippen LogP contribution in [0, 0.1) is 0 Å². The lowest BCUT2D eigenvalue weighted by molar-refractivity contribution is 0.0970. The average Bonchev–Trinajstić information content (AvgIpc) is 3.37. The highest BCUT2D eigenvalue weighted by Crippen LogP contribution is 2.42. The molecule has 0 radical (unpaired) electrons. The monoisotopic (exact) mass is 465 g/mol. The number of aromatic nitrogens is 2. The zero-order valence-electron chi connectivity index (χ0n) is 17.6. The Morgan fingerprint density at radius 1 is 1.09 bits per heavy atom. The van der Waals surface area contributed by atoms with Crippen LogP contribution in [0.4, 0.5) is 5.13 Å². The molecular weight excluding hydrogens is 446 g/mol. The smallest absolute Gasteiger partial charge is 0.297 e. The van der Waals surface area contributed by atoms with Crippen LogP contribution in [0.1, 0.15) is 58.6 Å². The van der Waals surface area contributed by atoms with Gasteiger partial charge in [0.15, 0.2) is 5.43 Å². The lowest BCUT2D eigenvalue weighted by atomic mass is 9.97. The Hall–Kier alpha value is -3.03. The number of carbonyl (C=O) groups is 1. The number of halogens is 1. The van der Waals surface area contributed by atoms with E-state index in [0.717, 1.165) is 29.8 Å². The fourth-order valence-electron chi connectivity index (χ4n) is 4.05. The van der Waals surface area contributed by atoms with Crippen LogP contribution in [-0.4, -0.2) is 16.1 Å². The van der Waals surface area contributed by atoms with E-state index in [1.54, 1.807) is 18.2 Å². The van der Waals surface area contributed by atoms with Gasteiger partial charge >= 0.3 is 0 Å². The summed E-state index contributed by atoms with van der Waals surface area (Å²) >= 11 is 7.51. The summed E-state index contributed by atoms with van der Waals surface area (Å²) in [5, 5.41) is 10.6. The molecule has 0 fully saturated rings.